The van der Waals surface area contributed by atoms with Gasteiger partial charge in [0.1, 0.15) is 24.3 Å². The first-order valence-corrected chi connectivity index (χ1v) is 14.3. The van der Waals surface area contributed by atoms with E-state index in [4.69, 9.17) is 15.0 Å². The van der Waals surface area contributed by atoms with E-state index in [0.717, 1.165) is 28.5 Å². The predicted molar refractivity (Wildman–Crippen MR) is 162 cm³/mol. The van der Waals surface area contributed by atoms with Crippen LogP contribution in [0.4, 0.5) is 4.79 Å². The minimum absolute atomic E-state index is 0.0517. The van der Waals surface area contributed by atoms with Crippen molar-refractivity contribution in [1.82, 2.24) is 15.6 Å². The summed E-state index contributed by atoms with van der Waals surface area (Å²) in [5.41, 5.74) is 12.7. The lowest BCUT2D eigenvalue weighted by atomic mass is 9.98. The summed E-state index contributed by atoms with van der Waals surface area (Å²) < 4.78 is 11.1. The van der Waals surface area contributed by atoms with Crippen molar-refractivity contribution in [3.8, 4) is 11.1 Å². The van der Waals surface area contributed by atoms with Gasteiger partial charge >= 0.3 is 18.3 Å². The van der Waals surface area contributed by atoms with E-state index in [9.17, 15) is 19.2 Å². The van der Waals surface area contributed by atoms with Crippen molar-refractivity contribution in [3.63, 3.8) is 0 Å². The molecule has 11 heteroatoms. The maximum absolute atomic E-state index is 13.6. The van der Waals surface area contributed by atoms with Crippen molar-refractivity contribution in [2.24, 2.45) is 0 Å². The largest absolute Gasteiger partial charge is 0.458 e. The van der Waals surface area contributed by atoms with Crippen molar-refractivity contribution in [2.75, 3.05) is 6.61 Å². The standard InChI is InChI=1S/C33H35N5O6/c1-33(2,3)44-31(41)28(15-14-22(39)19-36-34)37-30(40)29(17-21-9-8-16-35-18-21)38-32(42)43-20-27-25-12-6-4-10-23(25)24-11-5-7-13-26(24)27/h4-13,16,18-19,27-29H,14-15,17,20H2,1-3H3,(H,37,40)(H,38,42)/t28-,29-/m0/s1. The normalized spacial score (nSPS) is 13.3. The minimum Gasteiger partial charge on any atom is -0.458 e. The zero-order valence-electron chi connectivity index (χ0n) is 24.9. The van der Waals surface area contributed by atoms with Crippen molar-refractivity contribution >= 4 is 30.0 Å². The van der Waals surface area contributed by atoms with Crippen LogP contribution in [-0.4, -0.2) is 64.0 Å². The van der Waals surface area contributed by atoms with E-state index in [1.54, 1.807) is 45.3 Å². The number of carbonyl (C=O) groups is 4. The number of hydrogen-bond acceptors (Lipinski definition) is 7. The van der Waals surface area contributed by atoms with Crippen molar-refractivity contribution in [1.29, 1.82) is 0 Å². The summed E-state index contributed by atoms with van der Waals surface area (Å²) in [6.07, 6.45) is 2.82. The third kappa shape index (κ3) is 8.45. The first kappa shape index (κ1) is 31.8. The molecule has 2 atom stereocenters. The maximum Gasteiger partial charge on any atom is 0.407 e. The number of aromatic nitrogens is 1. The molecular weight excluding hydrogens is 562 g/mol. The van der Waals surface area contributed by atoms with E-state index in [1.807, 2.05) is 48.5 Å². The quantitative estimate of drug-likeness (QED) is 0.138. The van der Waals surface area contributed by atoms with E-state index >= 15 is 0 Å². The van der Waals surface area contributed by atoms with Gasteiger partial charge in [0.15, 0.2) is 0 Å². The molecule has 0 aliphatic heterocycles. The van der Waals surface area contributed by atoms with Gasteiger partial charge < -0.3 is 25.6 Å². The lowest BCUT2D eigenvalue weighted by Crippen LogP contribution is -2.53. The summed E-state index contributed by atoms with van der Waals surface area (Å²) in [6.45, 7) is 5.09. The predicted octanol–water partition coefficient (Wildman–Crippen LogP) is 4.01. The average molecular weight is 598 g/mol. The molecular formula is C33H35N5O6. The van der Waals surface area contributed by atoms with Gasteiger partial charge in [-0.1, -0.05) is 54.6 Å². The molecule has 1 aliphatic carbocycles. The van der Waals surface area contributed by atoms with Crippen LogP contribution in [-0.2, 0) is 30.3 Å². The maximum atomic E-state index is 13.6. The third-order valence-corrected chi connectivity index (χ3v) is 7.00. The third-order valence-electron chi connectivity index (χ3n) is 7.00. The van der Waals surface area contributed by atoms with E-state index in [2.05, 4.69) is 20.4 Å². The Balaban J connectivity index is 1.49. The number of hydrogen-bond donors (Lipinski definition) is 2. The highest BCUT2D eigenvalue weighted by atomic mass is 16.6. The van der Waals surface area contributed by atoms with E-state index in [0.29, 0.717) is 5.56 Å². The molecule has 0 saturated heterocycles. The second-order valence-electron chi connectivity index (χ2n) is 11.4. The Morgan fingerprint density at radius 1 is 0.955 bits per heavy atom. The topological polar surface area (TPSA) is 160 Å². The fourth-order valence-electron chi connectivity index (χ4n) is 5.06. The molecule has 1 heterocycles. The van der Waals surface area contributed by atoms with Crippen LogP contribution in [0.25, 0.3) is 16.7 Å². The van der Waals surface area contributed by atoms with E-state index in [1.165, 1.54) is 0 Å². The molecule has 44 heavy (non-hydrogen) atoms. The van der Waals surface area contributed by atoms with Crippen LogP contribution in [0.3, 0.4) is 0 Å². The molecule has 0 unspecified atom stereocenters. The highest BCUT2D eigenvalue weighted by molar-refractivity contribution is 6.25. The number of fused-ring (bicyclic) bond motifs is 3. The Morgan fingerprint density at radius 2 is 1.61 bits per heavy atom. The number of pyridine rings is 1. The van der Waals surface area contributed by atoms with Crippen LogP contribution < -0.4 is 10.6 Å². The lowest BCUT2D eigenvalue weighted by Gasteiger charge is -2.26. The molecule has 4 rings (SSSR count). The molecule has 0 bridgehead atoms. The molecule has 0 saturated carbocycles. The summed E-state index contributed by atoms with van der Waals surface area (Å²) in [7, 11) is 0. The number of ketones is 1. The van der Waals surface area contributed by atoms with Crippen LogP contribution in [0.5, 0.6) is 0 Å². The van der Waals surface area contributed by atoms with E-state index in [-0.39, 0.29) is 31.8 Å². The summed E-state index contributed by atoms with van der Waals surface area (Å²) in [5.74, 6) is -2.14. The molecule has 2 N–H and O–H groups in total. The summed E-state index contributed by atoms with van der Waals surface area (Å²) in [5, 5.41) is 5.26. The number of alkyl carbamates (subject to hydrolysis) is 1. The summed E-state index contributed by atoms with van der Waals surface area (Å²) in [4.78, 5) is 58.4. The van der Waals surface area contributed by atoms with Crippen molar-refractivity contribution < 1.29 is 33.4 Å². The molecule has 2 amide bonds. The van der Waals surface area contributed by atoms with Gasteiger partial charge in [0.05, 0.1) is 0 Å². The fourth-order valence-corrected chi connectivity index (χ4v) is 5.06. The number of rotatable bonds is 12. The molecule has 228 valence electrons. The summed E-state index contributed by atoms with van der Waals surface area (Å²) >= 11 is 0. The highest BCUT2D eigenvalue weighted by Gasteiger charge is 2.32. The number of nitrogens with one attached hydrogen (secondary N) is 2. The number of carbonyl (C=O) groups excluding carboxylic acids is 4. The minimum atomic E-state index is -1.21. The van der Waals surface area contributed by atoms with Gasteiger partial charge in [-0.25, -0.2) is 9.59 Å². The summed E-state index contributed by atoms with van der Waals surface area (Å²) in [6, 6.07) is 17.0. The zero-order valence-corrected chi connectivity index (χ0v) is 24.9. The van der Waals surface area contributed by atoms with Gasteiger partial charge in [0, 0.05) is 31.2 Å². The molecule has 0 radical (unpaired) electrons. The molecule has 2 aromatic carbocycles. The number of nitrogens with zero attached hydrogens (tertiary/aromatic N) is 3. The Labute approximate surface area is 255 Å². The molecule has 1 aromatic heterocycles. The SMILES string of the molecule is CC(C)(C)OC(=O)[C@H](CCC(=O)C=[N+]=[N-])NC(=O)[C@H](Cc1cccnc1)NC(=O)OCC1c2ccccc2-c2ccccc21. The van der Waals surface area contributed by atoms with Crippen molar-refractivity contribution in [2.45, 2.75) is 63.6 Å². The fraction of sp³-hybridized carbons (Fsp3) is 0.333. The number of Topliss-reactive ketones (excluding diaryl/α,β-unsaturated/α-hetero) is 1. The Hall–Kier alpha value is -5.15. The smallest absolute Gasteiger partial charge is 0.407 e. The molecule has 0 spiro atoms. The number of ether oxygens (including phenoxy) is 2. The highest BCUT2D eigenvalue weighted by Crippen LogP contribution is 2.44. The second kappa shape index (κ2) is 14.3. The van der Waals surface area contributed by atoms with E-state index < -0.39 is 41.4 Å². The Kier molecular flexibility index (Phi) is 10.4. The number of benzene rings is 2. The van der Waals surface area contributed by atoms with Crippen LogP contribution in [0.2, 0.25) is 0 Å². The zero-order chi connectivity index (χ0) is 31.7. The molecule has 0 fully saturated rings. The molecule has 3 aromatic rings. The Bertz CT molecular complexity index is 1520. The van der Waals surface area contributed by atoms with Crippen LogP contribution in [0.15, 0.2) is 73.1 Å². The second-order valence-corrected chi connectivity index (χ2v) is 11.4. The van der Waals surface area contributed by atoms with Gasteiger partial charge in [0.25, 0.3) is 0 Å². The van der Waals surface area contributed by atoms with Crippen molar-refractivity contribution in [3.05, 3.63) is 95.3 Å². The first-order valence-electron chi connectivity index (χ1n) is 14.3. The Morgan fingerprint density at radius 3 is 2.20 bits per heavy atom. The van der Waals surface area contributed by atoms with Gasteiger partial charge in [-0.15, -0.1) is 0 Å². The monoisotopic (exact) mass is 597 g/mol. The van der Waals surface area contributed by atoms with Gasteiger partial charge in [0.2, 0.25) is 11.7 Å². The lowest BCUT2D eigenvalue weighted by molar-refractivity contribution is -0.159. The van der Waals surface area contributed by atoms with Crippen LogP contribution >= 0.6 is 0 Å². The van der Waals surface area contributed by atoms with Crippen LogP contribution in [0, 0.1) is 0 Å². The molecule has 11 nitrogen and oxygen atoms in total. The van der Waals surface area contributed by atoms with Gasteiger partial charge in [-0.2, -0.15) is 4.79 Å². The van der Waals surface area contributed by atoms with Gasteiger partial charge in [-0.3, -0.25) is 14.6 Å². The molecule has 1 aliphatic rings. The number of esters is 1. The van der Waals surface area contributed by atoms with Crippen LogP contribution in [0.1, 0.15) is 56.2 Å². The number of amides is 2. The first-order chi connectivity index (χ1) is 21.1. The average Bonchev–Trinajstić information content (AvgIpc) is 3.31. The van der Waals surface area contributed by atoms with Gasteiger partial charge in [-0.05, 0) is 61.1 Å².